The fourth-order valence-electron chi connectivity index (χ4n) is 1.60. The van der Waals surface area contributed by atoms with Crippen molar-refractivity contribution in [1.82, 2.24) is 4.90 Å². The molecular weight excluding hydrogens is 207 g/mol. The molecule has 13 heavy (non-hydrogen) atoms. The lowest BCUT2D eigenvalue weighted by Gasteiger charge is -2.30. The average Bonchev–Trinajstić information content (AvgIpc) is 2.15. The molecule has 0 bridgehead atoms. The molecule has 4 heteroatoms. The fourth-order valence-corrected chi connectivity index (χ4v) is 1.74. The highest BCUT2D eigenvalue weighted by atomic mass is 35.5. The van der Waals surface area contributed by atoms with Crippen LogP contribution in [0.25, 0.3) is 0 Å². The van der Waals surface area contributed by atoms with E-state index in [-0.39, 0.29) is 0 Å². The normalized spacial score (nSPS) is 20.2. The zero-order valence-corrected chi connectivity index (χ0v) is 9.19. The maximum Gasteiger partial charge on any atom is 0.104 e. The van der Waals surface area contributed by atoms with Crippen molar-refractivity contribution in [1.29, 1.82) is 0 Å². The number of hydrogen-bond donors (Lipinski definition) is 1. The molecule has 2 N–H and O–H groups in total. The maximum atomic E-state index is 5.60. The molecule has 0 aromatic heterocycles. The van der Waals surface area contributed by atoms with Gasteiger partial charge in [0, 0.05) is 6.54 Å². The van der Waals surface area contributed by atoms with Crippen LogP contribution >= 0.6 is 23.2 Å². The number of nitrogens with two attached hydrogens (primary N) is 1. The SMILES string of the molecule is NCC1CCN(CC=C(Cl)Cl)CC1. The van der Waals surface area contributed by atoms with Gasteiger partial charge >= 0.3 is 0 Å². The molecule has 2 nitrogen and oxygen atoms in total. The average molecular weight is 223 g/mol. The standard InChI is InChI=1S/C9H16Cl2N2/c10-9(11)3-6-13-4-1-8(7-12)2-5-13/h3,8H,1-2,4-7,12H2. The topological polar surface area (TPSA) is 29.3 Å². The van der Waals surface area contributed by atoms with Crippen molar-refractivity contribution >= 4 is 23.2 Å². The minimum Gasteiger partial charge on any atom is -0.330 e. The van der Waals surface area contributed by atoms with Crippen molar-refractivity contribution in [3.63, 3.8) is 0 Å². The van der Waals surface area contributed by atoms with Crippen molar-refractivity contribution in [2.24, 2.45) is 11.7 Å². The zero-order valence-electron chi connectivity index (χ0n) is 7.68. The first-order valence-electron chi connectivity index (χ1n) is 4.66. The summed E-state index contributed by atoms with van der Waals surface area (Å²) in [5.41, 5.74) is 5.60. The molecule has 1 rings (SSSR count). The fraction of sp³-hybridized carbons (Fsp3) is 0.778. The summed E-state index contributed by atoms with van der Waals surface area (Å²) >= 11 is 11.1. The van der Waals surface area contributed by atoms with Gasteiger partial charge in [0.15, 0.2) is 0 Å². The molecule has 0 radical (unpaired) electrons. The van der Waals surface area contributed by atoms with E-state index in [1.165, 1.54) is 12.8 Å². The van der Waals surface area contributed by atoms with Crippen molar-refractivity contribution in [3.05, 3.63) is 10.6 Å². The van der Waals surface area contributed by atoms with Crippen molar-refractivity contribution < 1.29 is 0 Å². The van der Waals surface area contributed by atoms with Gasteiger partial charge < -0.3 is 5.73 Å². The van der Waals surface area contributed by atoms with Crippen molar-refractivity contribution in [2.75, 3.05) is 26.2 Å². The van der Waals surface area contributed by atoms with Crippen LogP contribution in [0.15, 0.2) is 10.6 Å². The predicted molar refractivity (Wildman–Crippen MR) is 58.0 cm³/mol. The smallest absolute Gasteiger partial charge is 0.104 e. The van der Waals surface area contributed by atoms with E-state index in [0.717, 1.165) is 26.2 Å². The summed E-state index contributed by atoms with van der Waals surface area (Å²) in [5, 5.41) is 0. The Bertz CT molecular complexity index is 170. The van der Waals surface area contributed by atoms with Gasteiger partial charge in [-0.2, -0.15) is 0 Å². The van der Waals surface area contributed by atoms with Crippen LogP contribution in [-0.4, -0.2) is 31.1 Å². The Morgan fingerprint density at radius 2 is 2.00 bits per heavy atom. The molecule has 76 valence electrons. The monoisotopic (exact) mass is 222 g/mol. The summed E-state index contributed by atoms with van der Waals surface area (Å²) < 4.78 is 0.362. The van der Waals surface area contributed by atoms with Crippen LogP contribution < -0.4 is 5.73 Å². The van der Waals surface area contributed by atoms with E-state index in [1.54, 1.807) is 0 Å². The molecule has 0 aromatic carbocycles. The quantitative estimate of drug-likeness (QED) is 0.792. The molecule has 0 amide bonds. The molecule has 0 unspecified atom stereocenters. The lowest BCUT2D eigenvalue weighted by molar-refractivity contribution is 0.204. The predicted octanol–water partition coefficient (Wildman–Crippen LogP) is 1.98. The van der Waals surface area contributed by atoms with Gasteiger partial charge in [0.2, 0.25) is 0 Å². The van der Waals surface area contributed by atoms with E-state index in [9.17, 15) is 0 Å². The Balaban J connectivity index is 2.21. The van der Waals surface area contributed by atoms with Gasteiger partial charge in [0.1, 0.15) is 4.49 Å². The lowest BCUT2D eigenvalue weighted by atomic mass is 9.97. The molecule has 0 spiro atoms. The molecule has 0 aromatic rings. The van der Waals surface area contributed by atoms with Gasteiger partial charge in [-0.25, -0.2) is 0 Å². The number of rotatable bonds is 3. The van der Waals surface area contributed by atoms with Gasteiger partial charge in [-0.05, 0) is 44.5 Å². The Labute approximate surface area is 89.7 Å². The lowest BCUT2D eigenvalue weighted by Crippen LogP contribution is -2.36. The van der Waals surface area contributed by atoms with Crippen LogP contribution in [0.3, 0.4) is 0 Å². The molecule has 1 fully saturated rings. The summed E-state index contributed by atoms with van der Waals surface area (Å²) in [5.74, 6) is 0.715. The van der Waals surface area contributed by atoms with Gasteiger partial charge in [0.25, 0.3) is 0 Å². The molecule has 0 atom stereocenters. The first kappa shape index (κ1) is 11.3. The third kappa shape index (κ3) is 4.32. The number of nitrogens with zero attached hydrogens (tertiary/aromatic N) is 1. The first-order chi connectivity index (χ1) is 6.22. The highest BCUT2D eigenvalue weighted by molar-refractivity contribution is 6.55. The Kier molecular flexibility index (Phi) is 5.10. The third-order valence-electron chi connectivity index (χ3n) is 2.54. The molecule has 1 aliphatic heterocycles. The second kappa shape index (κ2) is 5.86. The summed E-state index contributed by atoms with van der Waals surface area (Å²) in [6.07, 6.45) is 4.24. The molecular formula is C9H16Cl2N2. The largest absolute Gasteiger partial charge is 0.330 e. The number of halogens is 2. The van der Waals surface area contributed by atoms with E-state index < -0.39 is 0 Å². The number of hydrogen-bond acceptors (Lipinski definition) is 2. The minimum absolute atomic E-state index is 0.362. The molecule has 1 heterocycles. The van der Waals surface area contributed by atoms with E-state index in [1.807, 2.05) is 6.08 Å². The second-order valence-electron chi connectivity index (χ2n) is 3.47. The Hall–Kier alpha value is 0.240. The van der Waals surface area contributed by atoms with E-state index in [2.05, 4.69) is 4.90 Å². The Morgan fingerprint density at radius 3 is 2.46 bits per heavy atom. The maximum absolute atomic E-state index is 5.60. The minimum atomic E-state index is 0.362. The van der Waals surface area contributed by atoms with Crippen LogP contribution in [-0.2, 0) is 0 Å². The van der Waals surface area contributed by atoms with Crippen LogP contribution in [0.1, 0.15) is 12.8 Å². The van der Waals surface area contributed by atoms with E-state index in [4.69, 9.17) is 28.9 Å². The van der Waals surface area contributed by atoms with Crippen LogP contribution in [0, 0.1) is 5.92 Å². The summed E-state index contributed by atoms with van der Waals surface area (Å²) in [6.45, 7) is 3.90. The van der Waals surface area contributed by atoms with E-state index in [0.29, 0.717) is 10.4 Å². The van der Waals surface area contributed by atoms with E-state index >= 15 is 0 Å². The summed E-state index contributed by atoms with van der Waals surface area (Å²) in [7, 11) is 0. The van der Waals surface area contributed by atoms with Crippen LogP contribution in [0.2, 0.25) is 0 Å². The molecule has 1 aliphatic rings. The molecule has 1 saturated heterocycles. The number of piperidine rings is 1. The zero-order chi connectivity index (χ0) is 9.68. The molecule has 0 saturated carbocycles. The third-order valence-corrected chi connectivity index (χ3v) is 2.85. The summed E-state index contributed by atoms with van der Waals surface area (Å²) in [4.78, 5) is 2.34. The van der Waals surface area contributed by atoms with Gasteiger partial charge in [-0.1, -0.05) is 23.2 Å². The Morgan fingerprint density at radius 1 is 1.38 bits per heavy atom. The highest BCUT2D eigenvalue weighted by Gasteiger charge is 2.16. The van der Waals surface area contributed by atoms with Gasteiger partial charge in [-0.15, -0.1) is 0 Å². The van der Waals surface area contributed by atoms with Crippen LogP contribution in [0.4, 0.5) is 0 Å². The number of likely N-dealkylation sites (tertiary alicyclic amines) is 1. The van der Waals surface area contributed by atoms with Crippen molar-refractivity contribution in [2.45, 2.75) is 12.8 Å². The summed E-state index contributed by atoms with van der Waals surface area (Å²) in [6, 6.07) is 0. The van der Waals surface area contributed by atoms with Gasteiger partial charge in [0.05, 0.1) is 0 Å². The van der Waals surface area contributed by atoms with Crippen molar-refractivity contribution in [3.8, 4) is 0 Å². The first-order valence-corrected chi connectivity index (χ1v) is 5.41. The second-order valence-corrected chi connectivity index (χ2v) is 4.48. The van der Waals surface area contributed by atoms with Crippen LogP contribution in [0.5, 0.6) is 0 Å². The highest BCUT2D eigenvalue weighted by Crippen LogP contribution is 2.16. The van der Waals surface area contributed by atoms with Gasteiger partial charge in [-0.3, -0.25) is 4.90 Å². The molecule has 0 aliphatic carbocycles.